The van der Waals surface area contributed by atoms with Gasteiger partial charge in [0.25, 0.3) is 0 Å². The van der Waals surface area contributed by atoms with E-state index in [1.807, 2.05) is 0 Å². The van der Waals surface area contributed by atoms with Crippen molar-refractivity contribution in [2.24, 2.45) is 5.73 Å². The number of phosphoric acid groups is 1. The number of carboxylic acids is 1. The molecule has 4 N–H and O–H groups in total. The molecule has 12 heteroatoms. The lowest BCUT2D eigenvalue weighted by Gasteiger charge is -2.20. The van der Waals surface area contributed by atoms with Gasteiger partial charge < -0.3 is 25.2 Å². The average molecular weight is 806 g/mol. The molecule has 0 spiro atoms. The largest absolute Gasteiger partial charge is 0.480 e. The maximum atomic E-state index is 12.6. The summed E-state index contributed by atoms with van der Waals surface area (Å²) in [4.78, 5) is 45.7. The van der Waals surface area contributed by atoms with Crippen molar-refractivity contribution >= 4 is 25.7 Å². The number of nitrogens with two attached hydrogens (primary N) is 1. The molecule has 55 heavy (non-hydrogen) atoms. The Balaban J connectivity index is 4.06. The molecule has 0 aliphatic heterocycles. The molecule has 0 amide bonds. The molecule has 0 heterocycles. The fourth-order valence-electron chi connectivity index (χ4n) is 6.54. The Morgan fingerprint density at radius 2 is 0.800 bits per heavy atom. The number of aliphatic carboxylic acids is 1. The summed E-state index contributed by atoms with van der Waals surface area (Å²) in [6, 6.07) is -1.51. The summed E-state index contributed by atoms with van der Waals surface area (Å²) in [5.74, 6) is -2.37. The monoisotopic (exact) mass is 806 g/mol. The summed E-state index contributed by atoms with van der Waals surface area (Å²) in [5, 5.41) is 8.86. The first-order chi connectivity index (χ1) is 26.6. The number of unbranched alkanes of at least 4 members (excludes halogenated alkanes) is 29. The summed E-state index contributed by atoms with van der Waals surface area (Å²) < 4.78 is 32.6. The highest BCUT2D eigenvalue weighted by molar-refractivity contribution is 7.47. The summed E-state index contributed by atoms with van der Waals surface area (Å²) >= 11 is 0. The first-order valence-electron chi connectivity index (χ1n) is 22.6. The third kappa shape index (κ3) is 39.1. The third-order valence-corrected chi connectivity index (χ3v) is 11.1. The Labute approximate surface area is 335 Å². The molecule has 0 fully saturated rings. The van der Waals surface area contributed by atoms with Gasteiger partial charge in [-0.15, -0.1) is 0 Å². The van der Waals surface area contributed by atoms with Crippen molar-refractivity contribution in [2.75, 3.05) is 19.8 Å². The maximum absolute atomic E-state index is 12.6. The normalized spacial score (nSPS) is 13.7. The lowest BCUT2D eigenvalue weighted by molar-refractivity contribution is -0.161. The van der Waals surface area contributed by atoms with Crippen LogP contribution in [0, 0.1) is 0 Å². The zero-order valence-electron chi connectivity index (χ0n) is 35.3. The van der Waals surface area contributed by atoms with Crippen LogP contribution in [0.1, 0.15) is 226 Å². The minimum atomic E-state index is -4.70. The van der Waals surface area contributed by atoms with Crippen LogP contribution < -0.4 is 5.73 Å². The highest BCUT2D eigenvalue weighted by Gasteiger charge is 2.28. The van der Waals surface area contributed by atoms with Gasteiger partial charge in [-0.25, -0.2) is 4.57 Å². The van der Waals surface area contributed by atoms with Gasteiger partial charge in [-0.1, -0.05) is 200 Å². The Hall–Kier alpha value is -1.52. The molecule has 0 bridgehead atoms. The Bertz CT molecular complexity index is 952. The highest BCUT2D eigenvalue weighted by atomic mass is 31.2. The van der Waals surface area contributed by atoms with Crippen LogP contribution in [0.15, 0.2) is 0 Å². The molecule has 0 aromatic carbocycles. The molecule has 0 saturated carbocycles. The molecular formula is C43H84NO10P. The van der Waals surface area contributed by atoms with Gasteiger partial charge in [0, 0.05) is 12.8 Å². The lowest BCUT2D eigenvalue weighted by Crippen LogP contribution is -2.34. The van der Waals surface area contributed by atoms with Gasteiger partial charge in [-0.2, -0.15) is 0 Å². The molecule has 3 atom stereocenters. The predicted octanol–water partition coefficient (Wildman–Crippen LogP) is 11.9. The molecule has 0 aliphatic carbocycles. The van der Waals surface area contributed by atoms with Gasteiger partial charge in [0.2, 0.25) is 0 Å². The van der Waals surface area contributed by atoms with Gasteiger partial charge in [-0.3, -0.25) is 23.4 Å². The number of carbonyl (C=O) groups excluding carboxylic acids is 2. The van der Waals surface area contributed by atoms with Crippen LogP contribution in [0.25, 0.3) is 0 Å². The van der Waals surface area contributed by atoms with E-state index in [2.05, 4.69) is 18.4 Å². The Morgan fingerprint density at radius 1 is 0.491 bits per heavy atom. The molecule has 0 radical (unpaired) electrons. The number of carboxylic acid groups (broad SMARTS) is 1. The third-order valence-electron chi connectivity index (χ3n) is 10.1. The Kier molecular flexibility index (Phi) is 38.2. The predicted molar refractivity (Wildman–Crippen MR) is 222 cm³/mol. The number of esters is 2. The number of hydrogen-bond donors (Lipinski definition) is 3. The van der Waals surface area contributed by atoms with Crippen LogP contribution >= 0.6 is 7.82 Å². The smallest absolute Gasteiger partial charge is 0.472 e. The van der Waals surface area contributed by atoms with E-state index in [1.54, 1.807) is 0 Å². The zero-order chi connectivity index (χ0) is 40.7. The second-order valence-electron chi connectivity index (χ2n) is 15.6. The second-order valence-corrected chi connectivity index (χ2v) is 17.0. The molecule has 0 aliphatic rings. The van der Waals surface area contributed by atoms with Crippen molar-refractivity contribution < 1.29 is 47.5 Å². The molecule has 0 aromatic heterocycles. The number of hydrogen-bond acceptors (Lipinski definition) is 9. The second kappa shape index (κ2) is 39.3. The van der Waals surface area contributed by atoms with E-state index in [1.165, 1.54) is 148 Å². The van der Waals surface area contributed by atoms with Crippen LogP contribution in [0.3, 0.4) is 0 Å². The fourth-order valence-corrected chi connectivity index (χ4v) is 7.32. The van der Waals surface area contributed by atoms with Crippen molar-refractivity contribution in [1.82, 2.24) is 0 Å². The number of rotatable bonds is 43. The summed E-state index contributed by atoms with van der Waals surface area (Å²) in [6.45, 7) is 2.78. The average Bonchev–Trinajstić information content (AvgIpc) is 3.16. The molecule has 0 aromatic rings. The quantitative estimate of drug-likeness (QED) is 0.0304. The van der Waals surface area contributed by atoms with Gasteiger partial charge in [0.1, 0.15) is 12.6 Å². The molecule has 3 unspecified atom stereocenters. The van der Waals surface area contributed by atoms with Crippen LogP contribution in [0.4, 0.5) is 0 Å². The standard InChI is InChI=1S/C43H84NO10P/c1-3-5-7-9-11-12-13-14-15-16-17-18-19-20-21-22-23-24-25-26-27-29-31-33-35-42(46)54-39(37-52-55(49,50)53-38-40(44)43(47)48)36-51-41(45)34-32-30-28-10-8-6-4-2/h39-40H,3-38,44H2,1-2H3,(H,47,48)(H,49,50). The first-order valence-corrected chi connectivity index (χ1v) is 24.1. The van der Waals surface area contributed by atoms with Gasteiger partial charge in [0.15, 0.2) is 6.10 Å². The molecule has 11 nitrogen and oxygen atoms in total. The first kappa shape index (κ1) is 53.5. The minimum absolute atomic E-state index is 0.169. The van der Waals surface area contributed by atoms with E-state index in [0.29, 0.717) is 12.8 Å². The van der Waals surface area contributed by atoms with Crippen molar-refractivity contribution in [2.45, 2.75) is 238 Å². The topological polar surface area (TPSA) is 172 Å². The van der Waals surface area contributed by atoms with Crippen LogP contribution in [0.2, 0.25) is 0 Å². The number of ether oxygens (including phenoxy) is 2. The highest BCUT2D eigenvalue weighted by Crippen LogP contribution is 2.43. The van der Waals surface area contributed by atoms with Crippen LogP contribution in [0.5, 0.6) is 0 Å². The molecular weight excluding hydrogens is 721 g/mol. The molecule has 0 saturated heterocycles. The zero-order valence-corrected chi connectivity index (χ0v) is 36.2. The van der Waals surface area contributed by atoms with E-state index in [4.69, 9.17) is 24.8 Å². The van der Waals surface area contributed by atoms with Crippen molar-refractivity contribution in [3.63, 3.8) is 0 Å². The van der Waals surface area contributed by atoms with Crippen molar-refractivity contribution in [3.05, 3.63) is 0 Å². The molecule has 0 rings (SSSR count). The van der Waals surface area contributed by atoms with E-state index in [0.717, 1.165) is 38.5 Å². The lowest BCUT2D eigenvalue weighted by atomic mass is 10.0. The van der Waals surface area contributed by atoms with E-state index >= 15 is 0 Å². The van der Waals surface area contributed by atoms with E-state index in [9.17, 15) is 23.8 Å². The van der Waals surface area contributed by atoms with E-state index in [-0.39, 0.29) is 19.4 Å². The maximum Gasteiger partial charge on any atom is 0.472 e. The van der Waals surface area contributed by atoms with Crippen molar-refractivity contribution in [3.8, 4) is 0 Å². The summed E-state index contributed by atoms with van der Waals surface area (Å²) in [7, 11) is -4.70. The SMILES string of the molecule is CCCCCCCCCCCCCCCCCCCCCCCCCCC(=O)OC(COC(=O)CCCCCCCCC)COP(=O)(O)OCC(N)C(=O)O. The molecule has 326 valence electrons. The minimum Gasteiger partial charge on any atom is -0.480 e. The number of carbonyl (C=O) groups is 3. The van der Waals surface area contributed by atoms with Crippen LogP contribution in [-0.4, -0.2) is 59.9 Å². The van der Waals surface area contributed by atoms with Crippen LogP contribution in [-0.2, 0) is 37.5 Å². The van der Waals surface area contributed by atoms with Gasteiger partial charge in [0.05, 0.1) is 13.2 Å². The summed E-state index contributed by atoms with van der Waals surface area (Å²) in [6.07, 6.45) is 37.8. The number of phosphoric ester groups is 1. The Morgan fingerprint density at radius 3 is 1.15 bits per heavy atom. The summed E-state index contributed by atoms with van der Waals surface area (Å²) in [5.41, 5.74) is 5.32. The van der Waals surface area contributed by atoms with E-state index < -0.39 is 51.1 Å². The van der Waals surface area contributed by atoms with Gasteiger partial charge in [-0.05, 0) is 12.8 Å². The fraction of sp³-hybridized carbons (Fsp3) is 0.930. The van der Waals surface area contributed by atoms with Crippen molar-refractivity contribution in [1.29, 1.82) is 0 Å². The van der Waals surface area contributed by atoms with Gasteiger partial charge >= 0.3 is 25.7 Å².